The van der Waals surface area contributed by atoms with Gasteiger partial charge in [0.2, 0.25) is 0 Å². The normalized spacial score (nSPS) is 13.2. The molecule has 0 spiro atoms. The first-order valence-corrected chi connectivity index (χ1v) is 6.83. The Hall–Kier alpha value is -1.81. The van der Waals surface area contributed by atoms with E-state index in [9.17, 15) is 13.2 Å². The van der Waals surface area contributed by atoms with Gasteiger partial charge in [0.25, 0.3) is 0 Å². The Morgan fingerprint density at radius 3 is 2.38 bits per heavy atom. The molecule has 0 heterocycles. The van der Waals surface area contributed by atoms with Crippen molar-refractivity contribution in [2.75, 3.05) is 6.54 Å². The van der Waals surface area contributed by atoms with Crippen molar-refractivity contribution in [3.8, 4) is 0 Å². The highest BCUT2D eigenvalue weighted by molar-refractivity contribution is 5.30. The van der Waals surface area contributed by atoms with Gasteiger partial charge < -0.3 is 5.73 Å². The first-order chi connectivity index (χ1) is 9.90. The zero-order valence-electron chi connectivity index (χ0n) is 11.8. The van der Waals surface area contributed by atoms with E-state index < -0.39 is 11.7 Å². The summed E-state index contributed by atoms with van der Waals surface area (Å²) >= 11 is 0. The smallest absolute Gasteiger partial charge is 0.330 e. The molecule has 112 valence electrons. The van der Waals surface area contributed by atoms with Crippen molar-refractivity contribution in [2.24, 2.45) is 5.73 Å². The highest BCUT2D eigenvalue weighted by Crippen LogP contribution is 2.30. The fourth-order valence-corrected chi connectivity index (χ4v) is 2.42. The third-order valence-corrected chi connectivity index (χ3v) is 3.53. The quantitative estimate of drug-likeness (QED) is 0.893. The molecule has 0 aliphatic rings. The number of rotatable bonds is 4. The van der Waals surface area contributed by atoms with Crippen LogP contribution in [0.4, 0.5) is 13.2 Å². The molecule has 21 heavy (non-hydrogen) atoms. The zero-order valence-corrected chi connectivity index (χ0v) is 11.8. The van der Waals surface area contributed by atoms with Crippen molar-refractivity contribution in [1.82, 2.24) is 0 Å². The predicted octanol–water partition coefficient (Wildman–Crippen LogP) is 4.30. The van der Waals surface area contributed by atoms with E-state index in [1.165, 1.54) is 12.1 Å². The van der Waals surface area contributed by atoms with Gasteiger partial charge in [-0.2, -0.15) is 13.2 Å². The van der Waals surface area contributed by atoms with Crippen molar-refractivity contribution in [3.63, 3.8) is 0 Å². The molecule has 1 nitrogen and oxygen atoms in total. The van der Waals surface area contributed by atoms with Crippen LogP contribution in [-0.4, -0.2) is 6.54 Å². The van der Waals surface area contributed by atoms with E-state index in [-0.39, 0.29) is 5.92 Å². The largest absolute Gasteiger partial charge is 0.416 e. The molecule has 1 unspecified atom stereocenters. The molecule has 0 aromatic heterocycles. The van der Waals surface area contributed by atoms with E-state index in [2.05, 4.69) is 0 Å². The van der Waals surface area contributed by atoms with Crippen LogP contribution in [0.1, 0.15) is 28.2 Å². The van der Waals surface area contributed by atoms with Gasteiger partial charge in [0.1, 0.15) is 0 Å². The molecule has 2 aromatic rings. The standard InChI is InChI=1S/C17H18F3N/c1-12-4-2-6-14(8-12)15(11-21)9-13-5-3-7-16(10-13)17(18,19)20/h2-8,10,15H,9,11,21H2,1H3. The Bertz CT molecular complexity index is 605. The van der Waals surface area contributed by atoms with Crippen LogP contribution in [0.25, 0.3) is 0 Å². The molecule has 2 N–H and O–H groups in total. The molecule has 2 rings (SSSR count). The minimum absolute atomic E-state index is 0.0217. The lowest BCUT2D eigenvalue weighted by atomic mass is 9.90. The van der Waals surface area contributed by atoms with Gasteiger partial charge in [-0.25, -0.2) is 0 Å². The lowest BCUT2D eigenvalue weighted by Gasteiger charge is -2.17. The second-order valence-corrected chi connectivity index (χ2v) is 5.25. The summed E-state index contributed by atoms with van der Waals surface area (Å²) in [4.78, 5) is 0. The third kappa shape index (κ3) is 4.08. The summed E-state index contributed by atoms with van der Waals surface area (Å²) in [7, 11) is 0. The van der Waals surface area contributed by atoms with E-state index in [0.717, 1.165) is 17.2 Å². The monoisotopic (exact) mass is 293 g/mol. The summed E-state index contributed by atoms with van der Waals surface area (Å²) in [6.45, 7) is 2.39. The SMILES string of the molecule is Cc1cccc(C(CN)Cc2cccc(C(F)(F)F)c2)c1. The van der Waals surface area contributed by atoms with Crippen LogP contribution in [-0.2, 0) is 12.6 Å². The molecule has 0 bridgehead atoms. The molecule has 4 heteroatoms. The molecule has 2 aromatic carbocycles. The summed E-state index contributed by atoms with van der Waals surface area (Å²) in [5.41, 5.74) is 8.03. The summed E-state index contributed by atoms with van der Waals surface area (Å²) in [5, 5.41) is 0. The molecular weight excluding hydrogens is 275 g/mol. The lowest BCUT2D eigenvalue weighted by Crippen LogP contribution is -2.15. The van der Waals surface area contributed by atoms with E-state index in [4.69, 9.17) is 5.73 Å². The van der Waals surface area contributed by atoms with E-state index in [1.54, 1.807) is 6.07 Å². The second kappa shape index (κ2) is 6.31. The first kappa shape index (κ1) is 15.6. The fraction of sp³-hybridized carbons (Fsp3) is 0.294. The zero-order chi connectivity index (χ0) is 15.5. The van der Waals surface area contributed by atoms with Crippen molar-refractivity contribution >= 4 is 0 Å². The topological polar surface area (TPSA) is 26.0 Å². The van der Waals surface area contributed by atoms with Crippen molar-refractivity contribution in [3.05, 3.63) is 70.8 Å². The fourth-order valence-electron chi connectivity index (χ4n) is 2.42. The molecule has 0 amide bonds. The Kier molecular flexibility index (Phi) is 4.68. The van der Waals surface area contributed by atoms with Crippen LogP contribution in [0.3, 0.4) is 0 Å². The Balaban J connectivity index is 2.23. The molecule has 0 fully saturated rings. The van der Waals surface area contributed by atoms with Gasteiger partial charge >= 0.3 is 6.18 Å². The molecule has 0 aliphatic heterocycles. The summed E-state index contributed by atoms with van der Waals surface area (Å²) in [6, 6.07) is 13.4. The highest BCUT2D eigenvalue weighted by atomic mass is 19.4. The molecule has 0 aliphatic carbocycles. The van der Waals surface area contributed by atoms with Gasteiger partial charge in [0.05, 0.1) is 5.56 Å². The number of alkyl halides is 3. The van der Waals surface area contributed by atoms with Crippen LogP contribution in [0.15, 0.2) is 48.5 Å². The molecule has 0 saturated carbocycles. The minimum atomic E-state index is -4.31. The van der Waals surface area contributed by atoms with E-state index in [1.807, 2.05) is 31.2 Å². The predicted molar refractivity (Wildman–Crippen MR) is 78.1 cm³/mol. The van der Waals surface area contributed by atoms with Crippen LogP contribution in [0.5, 0.6) is 0 Å². The Morgan fingerprint density at radius 1 is 1.05 bits per heavy atom. The van der Waals surface area contributed by atoms with Crippen LogP contribution in [0, 0.1) is 6.92 Å². The van der Waals surface area contributed by atoms with Gasteiger partial charge in [0, 0.05) is 5.92 Å². The molecule has 1 atom stereocenters. The number of halogens is 3. The van der Waals surface area contributed by atoms with Crippen LogP contribution < -0.4 is 5.73 Å². The number of aryl methyl sites for hydroxylation is 1. The van der Waals surface area contributed by atoms with Crippen LogP contribution in [0.2, 0.25) is 0 Å². The average molecular weight is 293 g/mol. The Labute approximate surface area is 122 Å². The average Bonchev–Trinajstić information content (AvgIpc) is 2.44. The summed E-state index contributed by atoms with van der Waals surface area (Å²) < 4.78 is 38.2. The summed E-state index contributed by atoms with van der Waals surface area (Å²) in [5.74, 6) is 0.0217. The van der Waals surface area contributed by atoms with E-state index in [0.29, 0.717) is 18.5 Å². The van der Waals surface area contributed by atoms with Crippen LogP contribution >= 0.6 is 0 Å². The second-order valence-electron chi connectivity index (χ2n) is 5.25. The number of hydrogen-bond acceptors (Lipinski definition) is 1. The van der Waals surface area contributed by atoms with Gasteiger partial charge in [-0.1, -0.05) is 48.0 Å². The Morgan fingerprint density at radius 2 is 1.76 bits per heavy atom. The first-order valence-electron chi connectivity index (χ1n) is 6.83. The maximum Gasteiger partial charge on any atom is 0.416 e. The maximum atomic E-state index is 12.7. The van der Waals surface area contributed by atoms with Crippen molar-refractivity contribution in [1.29, 1.82) is 0 Å². The number of nitrogens with two attached hydrogens (primary N) is 1. The van der Waals surface area contributed by atoms with Gasteiger partial charge in [-0.15, -0.1) is 0 Å². The highest BCUT2D eigenvalue weighted by Gasteiger charge is 2.30. The molecule has 0 saturated heterocycles. The van der Waals surface area contributed by atoms with Crippen molar-refractivity contribution in [2.45, 2.75) is 25.4 Å². The maximum absolute atomic E-state index is 12.7. The van der Waals surface area contributed by atoms with E-state index >= 15 is 0 Å². The van der Waals surface area contributed by atoms with Gasteiger partial charge in [0.15, 0.2) is 0 Å². The number of benzene rings is 2. The molecular formula is C17H18F3N. The third-order valence-electron chi connectivity index (χ3n) is 3.53. The van der Waals surface area contributed by atoms with Gasteiger partial charge in [-0.3, -0.25) is 0 Å². The number of hydrogen-bond donors (Lipinski definition) is 1. The molecule has 0 radical (unpaired) electrons. The summed E-state index contributed by atoms with van der Waals surface area (Å²) in [6.07, 6.45) is -3.80. The van der Waals surface area contributed by atoms with Crippen molar-refractivity contribution < 1.29 is 13.2 Å². The minimum Gasteiger partial charge on any atom is -0.330 e. The van der Waals surface area contributed by atoms with Gasteiger partial charge in [-0.05, 0) is 37.1 Å². The lowest BCUT2D eigenvalue weighted by molar-refractivity contribution is -0.137.